The van der Waals surface area contributed by atoms with Crippen molar-refractivity contribution in [3.05, 3.63) is 34.1 Å². The summed E-state index contributed by atoms with van der Waals surface area (Å²) in [6, 6.07) is 3.88. The SMILES string of the molecule is O=C(O)C(O)Cc1ccc(F)cc1Br. The van der Waals surface area contributed by atoms with Gasteiger partial charge in [0.2, 0.25) is 0 Å². The third kappa shape index (κ3) is 2.78. The van der Waals surface area contributed by atoms with E-state index in [2.05, 4.69) is 15.9 Å². The molecular weight excluding hydrogens is 255 g/mol. The highest BCUT2D eigenvalue weighted by Gasteiger charge is 2.15. The Kier molecular flexibility index (Phi) is 3.60. The van der Waals surface area contributed by atoms with Gasteiger partial charge in [-0.25, -0.2) is 9.18 Å². The van der Waals surface area contributed by atoms with Gasteiger partial charge in [0.1, 0.15) is 5.82 Å². The number of carbonyl (C=O) groups is 1. The molecule has 0 fully saturated rings. The summed E-state index contributed by atoms with van der Waals surface area (Å²) in [5.74, 6) is -1.70. The average Bonchev–Trinajstić information content (AvgIpc) is 2.09. The van der Waals surface area contributed by atoms with Crippen LogP contribution >= 0.6 is 15.9 Å². The lowest BCUT2D eigenvalue weighted by atomic mass is 10.1. The number of carboxylic acids is 1. The largest absolute Gasteiger partial charge is 0.479 e. The van der Waals surface area contributed by atoms with E-state index in [0.717, 1.165) is 0 Å². The van der Waals surface area contributed by atoms with Crippen LogP contribution in [0.1, 0.15) is 5.56 Å². The molecule has 0 heterocycles. The fourth-order valence-electron chi connectivity index (χ4n) is 0.983. The van der Waals surface area contributed by atoms with Gasteiger partial charge >= 0.3 is 5.97 Å². The standard InChI is InChI=1S/C9H8BrFO3/c10-7-4-6(11)2-1-5(7)3-8(12)9(13)14/h1-2,4,8,12H,3H2,(H,13,14). The first-order chi connectivity index (χ1) is 6.50. The molecule has 0 bridgehead atoms. The minimum atomic E-state index is -1.46. The summed E-state index contributed by atoms with van der Waals surface area (Å²) in [5, 5.41) is 17.5. The maximum absolute atomic E-state index is 12.6. The van der Waals surface area contributed by atoms with Crippen LogP contribution in [0.25, 0.3) is 0 Å². The quantitative estimate of drug-likeness (QED) is 0.870. The Morgan fingerprint density at radius 2 is 2.21 bits per heavy atom. The summed E-state index contributed by atoms with van der Waals surface area (Å²) in [6.07, 6.45) is -1.51. The zero-order valence-electron chi connectivity index (χ0n) is 7.08. The first kappa shape index (κ1) is 11.1. The van der Waals surface area contributed by atoms with Crippen molar-refractivity contribution < 1.29 is 19.4 Å². The van der Waals surface area contributed by atoms with Gasteiger partial charge in [-0.1, -0.05) is 22.0 Å². The van der Waals surface area contributed by atoms with Crippen LogP contribution in [-0.2, 0) is 11.2 Å². The molecule has 3 nitrogen and oxygen atoms in total. The minimum Gasteiger partial charge on any atom is -0.479 e. The molecule has 0 aliphatic carbocycles. The van der Waals surface area contributed by atoms with Crippen LogP contribution in [0.15, 0.2) is 22.7 Å². The van der Waals surface area contributed by atoms with Gasteiger partial charge in [-0.15, -0.1) is 0 Å². The van der Waals surface area contributed by atoms with Crippen LogP contribution in [0.2, 0.25) is 0 Å². The van der Waals surface area contributed by atoms with E-state index in [1.165, 1.54) is 18.2 Å². The van der Waals surface area contributed by atoms with Gasteiger partial charge in [0.25, 0.3) is 0 Å². The predicted octanol–water partition coefficient (Wildman–Crippen LogP) is 1.58. The number of aliphatic hydroxyl groups is 1. The van der Waals surface area contributed by atoms with E-state index >= 15 is 0 Å². The maximum Gasteiger partial charge on any atom is 0.332 e. The Labute approximate surface area is 88.3 Å². The number of halogens is 2. The molecule has 14 heavy (non-hydrogen) atoms. The number of hydrogen-bond donors (Lipinski definition) is 2. The van der Waals surface area contributed by atoms with E-state index in [4.69, 9.17) is 10.2 Å². The normalized spacial score (nSPS) is 12.5. The minimum absolute atomic E-state index is 0.0454. The third-order valence-electron chi connectivity index (χ3n) is 1.71. The molecule has 1 atom stereocenters. The summed E-state index contributed by atoms with van der Waals surface area (Å²) < 4.78 is 13.1. The fourth-order valence-corrected chi connectivity index (χ4v) is 1.50. The average molecular weight is 263 g/mol. The molecule has 0 amide bonds. The highest BCUT2D eigenvalue weighted by Crippen LogP contribution is 2.19. The van der Waals surface area contributed by atoms with E-state index in [1.807, 2.05) is 0 Å². The smallest absolute Gasteiger partial charge is 0.332 e. The molecule has 1 unspecified atom stereocenters. The van der Waals surface area contributed by atoms with Crippen molar-refractivity contribution in [2.75, 3.05) is 0 Å². The van der Waals surface area contributed by atoms with Crippen molar-refractivity contribution in [2.45, 2.75) is 12.5 Å². The predicted molar refractivity (Wildman–Crippen MR) is 51.4 cm³/mol. The molecule has 0 saturated carbocycles. The van der Waals surface area contributed by atoms with Crippen molar-refractivity contribution in [1.29, 1.82) is 0 Å². The van der Waals surface area contributed by atoms with Crippen molar-refractivity contribution >= 4 is 21.9 Å². The topological polar surface area (TPSA) is 57.5 Å². The monoisotopic (exact) mass is 262 g/mol. The number of hydrogen-bond acceptors (Lipinski definition) is 2. The molecule has 0 spiro atoms. The molecular formula is C9H8BrFO3. The van der Waals surface area contributed by atoms with Crippen LogP contribution in [-0.4, -0.2) is 22.3 Å². The van der Waals surface area contributed by atoms with Crippen LogP contribution in [0.4, 0.5) is 4.39 Å². The van der Waals surface area contributed by atoms with Gasteiger partial charge in [0.05, 0.1) is 0 Å². The first-order valence-electron chi connectivity index (χ1n) is 3.85. The molecule has 0 aliphatic rings. The van der Waals surface area contributed by atoms with E-state index in [1.54, 1.807) is 0 Å². The second-order valence-corrected chi connectivity index (χ2v) is 3.65. The number of aliphatic carboxylic acids is 1. The Morgan fingerprint density at radius 1 is 1.57 bits per heavy atom. The summed E-state index contributed by atoms with van der Waals surface area (Å²) >= 11 is 3.08. The lowest BCUT2D eigenvalue weighted by Gasteiger charge is -2.07. The number of aliphatic hydroxyl groups excluding tert-OH is 1. The molecule has 0 radical (unpaired) electrons. The Morgan fingerprint density at radius 3 is 2.71 bits per heavy atom. The zero-order valence-corrected chi connectivity index (χ0v) is 8.66. The van der Waals surface area contributed by atoms with Crippen molar-refractivity contribution in [3.63, 3.8) is 0 Å². The van der Waals surface area contributed by atoms with Gasteiger partial charge in [-0.05, 0) is 17.7 Å². The van der Waals surface area contributed by atoms with Crippen LogP contribution < -0.4 is 0 Å². The van der Waals surface area contributed by atoms with Gasteiger partial charge in [0.15, 0.2) is 6.10 Å². The lowest BCUT2D eigenvalue weighted by molar-refractivity contribution is -0.146. The van der Waals surface area contributed by atoms with Crippen LogP contribution in [0.3, 0.4) is 0 Å². The Bertz CT molecular complexity index is 354. The molecule has 76 valence electrons. The lowest BCUT2D eigenvalue weighted by Crippen LogP contribution is -2.22. The van der Waals surface area contributed by atoms with Gasteiger partial charge in [-0.3, -0.25) is 0 Å². The molecule has 2 N–H and O–H groups in total. The number of benzene rings is 1. The fraction of sp³-hybridized carbons (Fsp3) is 0.222. The number of carboxylic acid groups (broad SMARTS) is 1. The molecule has 0 saturated heterocycles. The van der Waals surface area contributed by atoms with E-state index in [0.29, 0.717) is 10.0 Å². The van der Waals surface area contributed by atoms with E-state index in [9.17, 15) is 9.18 Å². The molecule has 1 aromatic rings. The van der Waals surface area contributed by atoms with Gasteiger partial charge < -0.3 is 10.2 Å². The first-order valence-corrected chi connectivity index (χ1v) is 4.65. The van der Waals surface area contributed by atoms with Crippen LogP contribution in [0.5, 0.6) is 0 Å². The highest BCUT2D eigenvalue weighted by atomic mass is 79.9. The molecule has 0 aliphatic heterocycles. The maximum atomic E-state index is 12.6. The summed E-state index contributed by atoms with van der Waals surface area (Å²) in [5.41, 5.74) is 0.557. The molecule has 1 rings (SSSR count). The second kappa shape index (κ2) is 4.52. The molecule has 1 aromatic carbocycles. The van der Waals surface area contributed by atoms with Gasteiger partial charge in [-0.2, -0.15) is 0 Å². The molecule has 5 heteroatoms. The zero-order chi connectivity index (χ0) is 10.7. The van der Waals surface area contributed by atoms with Crippen molar-refractivity contribution in [1.82, 2.24) is 0 Å². The summed E-state index contributed by atoms with van der Waals surface area (Å²) in [6.45, 7) is 0. The van der Waals surface area contributed by atoms with Crippen molar-refractivity contribution in [2.24, 2.45) is 0 Å². The summed E-state index contributed by atoms with van der Waals surface area (Å²) in [7, 11) is 0. The molecule has 0 aromatic heterocycles. The third-order valence-corrected chi connectivity index (χ3v) is 2.45. The van der Waals surface area contributed by atoms with Gasteiger partial charge in [0, 0.05) is 10.9 Å². The Balaban J connectivity index is 2.82. The van der Waals surface area contributed by atoms with Crippen molar-refractivity contribution in [3.8, 4) is 0 Å². The Hall–Kier alpha value is -0.940. The second-order valence-electron chi connectivity index (χ2n) is 2.79. The highest BCUT2D eigenvalue weighted by molar-refractivity contribution is 9.10. The summed E-state index contributed by atoms with van der Waals surface area (Å²) in [4.78, 5) is 10.3. The van der Waals surface area contributed by atoms with E-state index in [-0.39, 0.29) is 6.42 Å². The van der Waals surface area contributed by atoms with Crippen LogP contribution in [0, 0.1) is 5.82 Å². The number of rotatable bonds is 3. The van der Waals surface area contributed by atoms with E-state index < -0.39 is 17.9 Å².